The van der Waals surface area contributed by atoms with Gasteiger partial charge in [-0.05, 0) is 42.5 Å². The summed E-state index contributed by atoms with van der Waals surface area (Å²) in [5.41, 5.74) is 0. The highest BCUT2D eigenvalue weighted by atomic mass is 32.2. The van der Waals surface area contributed by atoms with Gasteiger partial charge in [0, 0.05) is 20.0 Å². The van der Waals surface area contributed by atoms with Gasteiger partial charge in [0.1, 0.15) is 17.3 Å². The topological polar surface area (TPSA) is 94.8 Å². The molecule has 29 heavy (non-hydrogen) atoms. The molecule has 3 rings (SSSR count). The van der Waals surface area contributed by atoms with Gasteiger partial charge in [-0.3, -0.25) is 0 Å². The first-order valence-electron chi connectivity index (χ1n) is 8.68. The molecule has 0 fully saturated rings. The number of halogens is 1. The van der Waals surface area contributed by atoms with Crippen molar-refractivity contribution >= 4 is 10.0 Å². The molecule has 3 aromatic rings. The molecule has 0 N–H and O–H groups in total. The van der Waals surface area contributed by atoms with Crippen LogP contribution in [0.2, 0.25) is 0 Å². The fraction of sp³-hybridized carbons (Fsp3) is 0.263. The van der Waals surface area contributed by atoms with Gasteiger partial charge in [0.25, 0.3) is 5.89 Å². The lowest BCUT2D eigenvalue weighted by molar-refractivity contribution is 0.242. The highest BCUT2D eigenvalue weighted by Gasteiger charge is 2.21. The van der Waals surface area contributed by atoms with Crippen LogP contribution in [0, 0.1) is 5.82 Å². The number of rotatable bonds is 9. The van der Waals surface area contributed by atoms with Gasteiger partial charge in [0.15, 0.2) is 12.4 Å². The summed E-state index contributed by atoms with van der Waals surface area (Å²) >= 11 is 0. The standard InChI is InChI=1S/C19H20FN3O5S/c1-23(29(24,25)17-5-3-4-14(20)12-17)11-10-18-21-19(28-22-18)13-27-16-8-6-15(26-2)7-9-16/h3-9,12H,10-11,13H2,1-2H3. The fourth-order valence-corrected chi connectivity index (χ4v) is 3.66. The van der Waals surface area contributed by atoms with E-state index in [9.17, 15) is 12.8 Å². The molecule has 0 amide bonds. The van der Waals surface area contributed by atoms with Crippen molar-refractivity contribution in [3.05, 3.63) is 66.1 Å². The molecule has 0 saturated heterocycles. The van der Waals surface area contributed by atoms with Crippen LogP contribution in [0.5, 0.6) is 11.5 Å². The van der Waals surface area contributed by atoms with Crippen LogP contribution in [-0.4, -0.2) is 43.6 Å². The van der Waals surface area contributed by atoms with Crippen molar-refractivity contribution in [3.8, 4) is 11.5 Å². The third kappa shape index (κ3) is 5.30. The van der Waals surface area contributed by atoms with Gasteiger partial charge in [0.2, 0.25) is 10.0 Å². The molecule has 1 heterocycles. The molecular formula is C19H20FN3O5S. The second-order valence-corrected chi connectivity index (χ2v) is 8.15. The average molecular weight is 421 g/mol. The summed E-state index contributed by atoms with van der Waals surface area (Å²) in [4.78, 5) is 4.08. The Hall–Kier alpha value is -2.98. The summed E-state index contributed by atoms with van der Waals surface area (Å²) in [6.45, 7) is 0.188. The van der Waals surface area contributed by atoms with Crippen LogP contribution in [0.3, 0.4) is 0 Å². The molecule has 0 unspecified atom stereocenters. The Morgan fingerprint density at radius 2 is 1.86 bits per heavy atom. The van der Waals surface area contributed by atoms with Gasteiger partial charge < -0.3 is 14.0 Å². The van der Waals surface area contributed by atoms with Gasteiger partial charge in [-0.15, -0.1) is 0 Å². The van der Waals surface area contributed by atoms with Gasteiger partial charge >= 0.3 is 0 Å². The van der Waals surface area contributed by atoms with Crippen molar-refractivity contribution < 1.29 is 26.8 Å². The van der Waals surface area contributed by atoms with E-state index in [0.717, 1.165) is 16.1 Å². The zero-order chi connectivity index (χ0) is 20.9. The largest absolute Gasteiger partial charge is 0.497 e. The zero-order valence-corrected chi connectivity index (χ0v) is 16.7. The predicted molar refractivity (Wildman–Crippen MR) is 102 cm³/mol. The first kappa shape index (κ1) is 20.7. The Morgan fingerprint density at radius 3 is 2.55 bits per heavy atom. The van der Waals surface area contributed by atoms with E-state index in [-0.39, 0.29) is 30.4 Å². The SMILES string of the molecule is COc1ccc(OCc2nc(CCN(C)S(=O)(=O)c3cccc(F)c3)no2)cc1. The second-order valence-electron chi connectivity index (χ2n) is 6.10. The minimum absolute atomic E-state index is 0.0801. The number of sulfonamides is 1. The molecule has 8 nitrogen and oxygen atoms in total. The number of methoxy groups -OCH3 is 1. The molecule has 154 valence electrons. The number of hydrogen-bond donors (Lipinski definition) is 0. The highest BCUT2D eigenvalue weighted by molar-refractivity contribution is 7.89. The lowest BCUT2D eigenvalue weighted by atomic mass is 10.3. The molecule has 1 aromatic heterocycles. The number of aromatic nitrogens is 2. The number of benzene rings is 2. The molecule has 0 aliphatic carbocycles. The maximum atomic E-state index is 13.3. The number of nitrogens with zero attached hydrogens (tertiary/aromatic N) is 3. The maximum Gasteiger partial charge on any atom is 0.264 e. The zero-order valence-electron chi connectivity index (χ0n) is 15.9. The van der Waals surface area contributed by atoms with Crippen LogP contribution < -0.4 is 9.47 Å². The molecule has 10 heteroatoms. The maximum absolute atomic E-state index is 13.3. The summed E-state index contributed by atoms with van der Waals surface area (Å²) in [6, 6.07) is 11.9. The monoisotopic (exact) mass is 421 g/mol. The summed E-state index contributed by atoms with van der Waals surface area (Å²) < 4.78 is 55.2. The van der Waals surface area contributed by atoms with Gasteiger partial charge in [-0.1, -0.05) is 11.2 Å². The lowest BCUT2D eigenvalue weighted by Crippen LogP contribution is -2.29. The third-order valence-electron chi connectivity index (χ3n) is 4.09. The van der Waals surface area contributed by atoms with E-state index in [0.29, 0.717) is 11.6 Å². The van der Waals surface area contributed by atoms with Crippen molar-refractivity contribution in [2.45, 2.75) is 17.9 Å². The van der Waals surface area contributed by atoms with Crippen molar-refractivity contribution in [3.63, 3.8) is 0 Å². The molecule has 0 radical (unpaired) electrons. The molecule has 2 aromatic carbocycles. The Kier molecular flexibility index (Phi) is 6.45. The Bertz CT molecular complexity index is 1050. The summed E-state index contributed by atoms with van der Waals surface area (Å²) in [7, 11) is -0.814. The molecule has 0 aliphatic rings. The van der Waals surface area contributed by atoms with Crippen molar-refractivity contribution in [1.29, 1.82) is 0 Å². The molecule has 0 aliphatic heterocycles. The Morgan fingerprint density at radius 1 is 1.14 bits per heavy atom. The highest BCUT2D eigenvalue weighted by Crippen LogP contribution is 2.18. The summed E-state index contributed by atoms with van der Waals surface area (Å²) in [6.07, 6.45) is 0.233. The lowest BCUT2D eigenvalue weighted by Gasteiger charge is -2.16. The minimum atomic E-state index is -3.80. The van der Waals surface area contributed by atoms with Crippen molar-refractivity contribution in [2.24, 2.45) is 0 Å². The third-order valence-corrected chi connectivity index (χ3v) is 5.94. The molecule has 0 bridgehead atoms. The molecule has 0 spiro atoms. The summed E-state index contributed by atoms with van der Waals surface area (Å²) in [5, 5.41) is 3.83. The van der Waals surface area contributed by atoms with Gasteiger partial charge in [-0.2, -0.15) is 4.98 Å². The van der Waals surface area contributed by atoms with E-state index < -0.39 is 15.8 Å². The van der Waals surface area contributed by atoms with Crippen molar-refractivity contribution in [1.82, 2.24) is 14.4 Å². The molecule has 0 atom stereocenters. The number of likely N-dealkylation sites (N-methyl/N-ethyl adjacent to an activating group) is 1. The van der Waals surface area contributed by atoms with Gasteiger partial charge in [0.05, 0.1) is 12.0 Å². The first-order chi connectivity index (χ1) is 13.9. The predicted octanol–water partition coefficient (Wildman–Crippen LogP) is 2.66. The number of hydrogen-bond acceptors (Lipinski definition) is 7. The summed E-state index contributed by atoms with van der Waals surface area (Å²) in [5.74, 6) is 1.34. The molecular weight excluding hydrogens is 401 g/mol. The van der Waals surface area contributed by atoms with E-state index in [4.69, 9.17) is 14.0 Å². The van der Waals surface area contributed by atoms with E-state index in [2.05, 4.69) is 10.1 Å². The van der Waals surface area contributed by atoms with Crippen LogP contribution in [0.1, 0.15) is 11.7 Å². The van der Waals surface area contributed by atoms with Gasteiger partial charge in [-0.25, -0.2) is 17.1 Å². The Balaban J connectivity index is 1.54. The van der Waals surface area contributed by atoms with Crippen LogP contribution in [0.4, 0.5) is 4.39 Å². The van der Waals surface area contributed by atoms with E-state index in [1.807, 2.05) is 0 Å². The van der Waals surface area contributed by atoms with Crippen molar-refractivity contribution in [2.75, 3.05) is 20.7 Å². The Labute approximate surface area is 167 Å². The smallest absolute Gasteiger partial charge is 0.264 e. The quantitative estimate of drug-likeness (QED) is 0.524. The number of ether oxygens (including phenoxy) is 2. The van der Waals surface area contributed by atoms with Crippen LogP contribution in [-0.2, 0) is 23.1 Å². The van der Waals surface area contributed by atoms with E-state index >= 15 is 0 Å². The molecule has 0 saturated carbocycles. The van der Waals surface area contributed by atoms with E-state index in [1.54, 1.807) is 31.4 Å². The van der Waals surface area contributed by atoms with Crippen LogP contribution >= 0.6 is 0 Å². The van der Waals surface area contributed by atoms with Crippen LogP contribution in [0.15, 0.2) is 57.9 Å². The van der Waals surface area contributed by atoms with E-state index in [1.165, 1.54) is 25.2 Å². The van der Waals surface area contributed by atoms with Crippen LogP contribution in [0.25, 0.3) is 0 Å². The fourth-order valence-electron chi connectivity index (χ4n) is 2.45. The average Bonchev–Trinajstić information content (AvgIpc) is 3.18. The first-order valence-corrected chi connectivity index (χ1v) is 10.1. The minimum Gasteiger partial charge on any atom is -0.497 e. The normalized spacial score (nSPS) is 11.6. The second kappa shape index (κ2) is 9.01.